The standard InChI is InChI=1S/C9H7.C6H10.C5H5.2ClH.Zr/c1-2-5-9-7-3-6-8(9)4-1;1-2-4-6-5-3-1;1-2-4-5-3-1;;;/h1-7H;1-5H2;1-3H,4H2;2*1H;/q-1;;-1;;;+2/p-2. The van der Waals surface area contributed by atoms with Crippen molar-refractivity contribution in [2.75, 3.05) is 0 Å². The van der Waals surface area contributed by atoms with Crippen LogP contribution in [0.5, 0.6) is 0 Å². The summed E-state index contributed by atoms with van der Waals surface area (Å²) >= 11 is 1.69. The summed E-state index contributed by atoms with van der Waals surface area (Å²) in [6.45, 7) is 0. The first-order valence-electron chi connectivity index (χ1n) is 7.75. The Labute approximate surface area is 167 Å². The third-order valence-corrected chi connectivity index (χ3v) is 4.82. The minimum atomic E-state index is 0. The van der Waals surface area contributed by atoms with Gasteiger partial charge in [0.15, 0.2) is 0 Å². The second-order valence-corrected chi connectivity index (χ2v) is 7.06. The molecule has 0 aliphatic heterocycles. The number of benzene rings is 1. The summed E-state index contributed by atoms with van der Waals surface area (Å²) in [7, 11) is 0. The van der Waals surface area contributed by atoms with Crippen LogP contribution in [0, 0.1) is 6.08 Å². The van der Waals surface area contributed by atoms with Crippen molar-refractivity contribution in [1.29, 1.82) is 0 Å². The molecule has 4 rings (SSSR count). The van der Waals surface area contributed by atoms with Gasteiger partial charge in [-0.3, -0.25) is 6.08 Å². The first kappa shape index (κ1) is 22.6. The molecule has 0 unspecified atom stereocenters. The van der Waals surface area contributed by atoms with Gasteiger partial charge in [0.2, 0.25) is 0 Å². The van der Waals surface area contributed by atoms with Crippen molar-refractivity contribution in [2.24, 2.45) is 0 Å². The van der Waals surface area contributed by atoms with Crippen LogP contribution in [0.15, 0.2) is 60.7 Å². The van der Waals surface area contributed by atoms with Crippen LogP contribution >= 0.6 is 0 Å². The van der Waals surface area contributed by atoms with Crippen LogP contribution in [0.3, 0.4) is 0 Å². The molecule has 0 aromatic heterocycles. The normalized spacial score (nSPS) is 14.8. The van der Waals surface area contributed by atoms with Gasteiger partial charge in [-0.05, 0) is 0 Å². The summed E-state index contributed by atoms with van der Waals surface area (Å²) in [5.74, 6) is 0. The Bertz CT molecular complexity index is 563. The van der Waals surface area contributed by atoms with Gasteiger partial charge in [0.05, 0.1) is 0 Å². The molecule has 1 fully saturated rings. The average Bonchev–Trinajstić information content (AvgIpc) is 3.23. The Morgan fingerprint density at radius 3 is 2.17 bits per heavy atom. The van der Waals surface area contributed by atoms with Crippen LogP contribution in [-0.4, -0.2) is 3.21 Å². The first-order valence-corrected chi connectivity index (χ1v) is 8.97. The zero-order chi connectivity index (χ0) is 14.8. The van der Waals surface area contributed by atoms with Gasteiger partial charge in [0.25, 0.3) is 0 Å². The van der Waals surface area contributed by atoms with Crippen LogP contribution < -0.4 is 24.8 Å². The maximum Gasteiger partial charge on any atom is -0.0809 e. The van der Waals surface area contributed by atoms with Crippen LogP contribution in [0.4, 0.5) is 0 Å². The molecule has 3 heteroatoms. The van der Waals surface area contributed by atoms with Gasteiger partial charge >= 0.3 is 59.5 Å². The monoisotopic (exact) mass is 422 g/mol. The molecular formula is C20H22Cl2Zr-2. The number of fused-ring (bicyclic) bond motifs is 1. The number of allylic oxidation sites excluding steroid dienone is 4. The molecule has 23 heavy (non-hydrogen) atoms. The average molecular weight is 425 g/mol. The summed E-state index contributed by atoms with van der Waals surface area (Å²) < 4.78 is 1.80. The largest absolute Gasteiger partial charge is 0.168 e. The van der Waals surface area contributed by atoms with Crippen LogP contribution in [0.25, 0.3) is 10.8 Å². The molecular weight excluding hydrogens is 402 g/mol. The van der Waals surface area contributed by atoms with Crippen LogP contribution in [-0.2, 0) is 24.2 Å². The Morgan fingerprint density at radius 1 is 0.957 bits per heavy atom. The molecule has 1 saturated carbocycles. The molecule has 2 aromatic carbocycles. The summed E-state index contributed by atoms with van der Waals surface area (Å²) in [6.07, 6.45) is 17.3. The number of rotatable bonds is 0. The SMILES string of the molecule is [C-]1=CC=CC1.[Cl-].[Cl-].[Zr+2]=[C]1CCCCC1.c1ccc2[cH-]ccc2c1. The molecule has 122 valence electrons. The van der Waals surface area contributed by atoms with Gasteiger partial charge in [-0.2, -0.15) is 23.6 Å². The minimum absolute atomic E-state index is 0. The zero-order valence-corrected chi connectivity index (χ0v) is 17.2. The smallest absolute Gasteiger partial charge is 0.0809 e. The van der Waals surface area contributed by atoms with E-state index in [4.69, 9.17) is 0 Å². The van der Waals surface area contributed by atoms with E-state index in [1.165, 1.54) is 42.9 Å². The molecule has 0 heterocycles. The van der Waals surface area contributed by atoms with Crippen molar-refractivity contribution in [3.05, 3.63) is 66.8 Å². The fourth-order valence-corrected chi connectivity index (χ4v) is 3.26. The number of hydrogen-bond donors (Lipinski definition) is 0. The molecule has 0 bridgehead atoms. The van der Waals surface area contributed by atoms with Gasteiger partial charge in [0, 0.05) is 0 Å². The predicted molar refractivity (Wildman–Crippen MR) is 89.2 cm³/mol. The Kier molecular flexibility index (Phi) is 13.8. The fourth-order valence-electron chi connectivity index (χ4n) is 2.39. The second kappa shape index (κ2) is 14.0. The zero-order valence-electron chi connectivity index (χ0n) is 13.3. The van der Waals surface area contributed by atoms with E-state index in [0.29, 0.717) is 0 Å². The van der Waals surface area contributed by atoms with Crippen molar-refractivity contribution in [1.82, 2.24) is 0 Å². The summed E-state index contributed by atoms with van der Waals surface area (Å²) in [5.41, 5.74) is 0. The molecule has 2 aromatic rings. The van der Waals surface area contributed by atoms with E-state index in [0.717, 1.165) is 6.42 Å². The van der Waals surface area contributed by atoms with E-state index < -0.39 is 0 Å². The number of hydrogen-bond acceptors (Lipinski definition) is 0. The predicted octanol–water partition coefficient (Wildman–Crippen LogP) is -0.458. The molecule has 2 aliphatic rings. The summed E-state index contributed by atoms with van der Waals surface area (Å²) in [5, 5.41) is 2.66. The third-order valence-electron chi connectivity index (χ3n) is 3.59. The van der Waals surface area contributed by atoms with Gasteiger partial charge in [-0.25, -0.2) is 12.2 Å². The summed E-state index contributed by atoms with van der Waals surface area (Å²) in [6, 6.07) is 14.7. The summed E-state index contributed by atoms with van der Waals surface area (Å²) in [4.78, 5) is 0. The van der Waals surface area contributed by atoms with Crippen LogP contribution in [0.1, 0.15) is 38.5 Å². The Balaban J connectivity index is 0.000000315. The van der Waals surface area contributed by atoms with Crippen LogP contribution in [0.2, 0.25) is 0 Å². The molecule has 0 radical (unpaired) electrons. The first-order chi connectivity index (χ1) is 10.4. The molecule has 0 atom stereocenters. The van der Waals surface area contributed by atoms with E-state index in [-0.39, 0.29) is 24.8 Å². The van der Waals surface area contributed by atoms with Crippen molar-refractivity contribution in [3.8, 4) is 0 Å². The van der Waals surface area contributed by atoms with Crippen molar-refractivity contribution in [2.45, 2.75) is 38.5 Å². The molecule has 0 amide bonds. The maximum atomic E-state index is 2.99. The van der Waals surface area contributed by atoms with E-state index in [2.05, 4.69) is 54.6 Å². The molecule has 0 spiro atoms. The maximum absolute atomic E-state index is 2.99. The second-order valence-electron chi connectivity index (χ2n) is 5.32. The minimum Gasteiger partial charge on any atom is -0.168 e. The molecule has 2 aliphatic carbocycles. The molecule has 0 nitrogen and oxygen atoms in total. The van der Waals surface area contributed by atoms with Gasteiger partial charge < -0.3 is 24.8 Å². The fraction of sp³-hybridized carbons (Fsp3) is 0.300. The van der Waals surface area contributed by atoms with E-state index >= 15 is 0 Å². The van der Waals surface area contributed by atoms with Crippen molar-refractivity contribution in [3.63, 3.8) is 0 Å². The van der Waals surface area contributed by atoms with Gasteiger partial charge in [-0.1, -0.05) is 6.07 Å². The Morgan fingerprint density at radius 2 is 1.70 bits per heavy atom. The molecule has 0 saturated heterocycles. The number of halogens is 2. The third kappa shape index (κ3) is 9.50. The quantitative estimate of drug-likeness (QED) is 0.503. The topological polar surface area (TPSA) is 0 Å². The van der Waals surface area contributed by atoms with Gasteiger partial charge in [-0.15, -0.1) is 36.1 Å². The van der Waals surface area contributed by atoms with E-state index in [1.54, 1.807) is 27.4 Å². The van der Waals surface area contributed by atoms with E-state index in [1.807, 2.05) is 12.2 Å². The molecule has 0 N–H and O–H groups in total. The van der Waals surface area contributed by atoms with Crippen molar-refractivity contribution < 1.29 is 49.0 Å². The Hall–Kier alpha value is -0.357. The van der Waals surface area contributed by atoms with E-state index in [9.17, 15) is 0 Å². The van der Waals surface area contributed by atoms with Gasteiger partial charge in [0.1, 0.15) is 0 Å². The van der Waals surface area contributed by atoms with Crippen molar-refractivity contribution >= 4 is 14.0 Å².